The van der Waals surface area contributed by atoms with Gasteiger partial charge in [-0.1, -0.05) is 13.8 Å². The fourth-order valence-corrected chi connectivity index (χ4v) is 9.17. The maximum absolute atomic E-state index is 13.4. The van der Waals surface area contributed by atoms with Crippen LogP contribution >= 0.6 is 0 Å². The summed E-state index contributed by atoms with van der Waals surface area (Å²) in [4.78, 5) is 28.8. The van der Waals surface area contributed by atoms with E-state index in [2.05, 4.69) is 4.98 Å². The average Bonchev–Trinajstić information content (AvgIpc) is 3.50. The molecule has 1 heterocycles. The van der Waals surface area contributed by atoms with Crippen molar-refractivity contribution in [1.29, 1.82) is 0 Å². The number of nitrogens with one attached hydrogen (secondary N) is 1. The van der Waals surface area contributed by atoms with Crippen molar-refractivity contribution >= 4 is 11.8 Å². The van der Waals surface area contributed by atoms with Gasteiger partial charge in [0.1, 0.15) is 11.8 Å². The van der Waals surface area contributed by atoms with E-state index in [1.54, 1.807) is 45.2 Å². The van der Waals surface area contributed by atoms with Crippen molar-refractivity contribution in [3.05, 3.63) is 35.7 Å². The lowest BCUT2D eigenvalue weighted by Crippen LogP contribution is -2.62. The molecule has 0 saturated heterocycles. The number of aromatic nitrogens is 1. The van der Waals surface area contributed by atoms with Crippen LogP contribution in [0.15, 0.2) is 30.0 Å². The Morgan fingerprint density at radius 2 is 1.83 bits per heavy atom. The van der Waals surface area contributed by atoms with Crippen LogP contribution in [0, 0.1) is 28.6 Å². The van der Waals surface area contributed by atoms with Crippen molar-refractivity contribution in [3.63, 3.8) is 0 Å². The van der Waals surface area contributed by atoms with Crippen LogP contribution in [0.4, 0.5) is 0 Å². The van der Waals surface area contributed by atoms with E-state index in [-0.39, 0.29) is 42.6 Å². The van der Waals surface area contributed by atoms with E-state index in [0.29, 0.717) is 37.7 Å². The van der Waals surface area contributed by atoms with E-state index in [0.717, 1.165) is 0 Å². The third-order valence-corrected chi connectivity index (χ3v) is 11.6. The molecule has 41 heavy (non-hydrogen) atoms. The Balaban J connectivity index is 1.37. The molecule has 4 aliphatic carbocycles. The first-order chi connectivity index (χ1) is 18.9. The predicted octanol–water partition coefficient (Wildman–Crippen LogP) is 3.05. The second-order valence-electron chi connectivity index (χ2n) is 14.6. The molecule has 0 bridgehead atoms. The van der Waals surface area contributed by atoms with Crippen LogP contribution in [0.5, 0.6) is 0 Å². The van der Waals surface area contributed by atoms with Gasteiger partial charge in [-0.3, -0.25) is 4.79 Å². The molecule has 3 saturated carbocycles. The maximum atomic E-state index is 13.4. The van der Waals surface area contributed by atoms with Gasteiger partial charge < -0.3 is 35.3 Å². The van der Waals surface area contributed by atoms with Crippen molar-refractivity contribution in [2.45, 2.75) is 121 Å². The summed E-state index contributed by atoms with van der Waals surface area (Å²) in [6.07, 6.45) is 3.82. The van der Waals surface area contributed by atoms with Gasteiger partial charge in [0, 0.05) is 17.5 Å². The number of hydrogen-bond acceptors (Lipinski definition) is 8. The van der Waals surface area contributed by atoms with E-state index >= 15 is 0 Å². The summed E-state index contributed by atoms with van der Waals surface area (Å²) in [7, 11) is 0. The van der Waals surface area contributed by atoms with Crippen LogP contribution in [-0.2, 0) is 9.53 Å². The topological polar surface area (TPSA) is 160 Å². The number of ketones is 1. The highest BCUT2D eigenvalue weighted by atomic mass is 16.6. The molecule has 3 fully saturated rings. The van der Waals surface area contributed by atoms with Crippen molar-refractivity contribution < 1.29 is 39.9 Å². The Morgan fingerprint density at radius 1 is 1.12 bits per heavy atom. The standard InChI is InChI=1S/C32H47NO8/c1-28(2,38)26(41-27(37)21-7-6-14-33-21)10-12-31(5,39)25-9-13-32(40)19-15-22(34)20-16-23(35)24(36)17-29(20,3)18(19)8-11-30(25,32)4/h6-7,14-15,18,20,23-26,33,35-36,38-40H,8-13,16-17H2,1-5H3/t18-,20?,23?,24?,25-,26?,29+,30+,31-,32+/m0/s1. The molecule has 0 radical (unpaired) electrons. The van der Waals surface area contributed by atoms with Crippen LogP contribution in [0.3, 0.4) is 0 Å². The minimum absolute atomic E-state index is 0.0962. The Morgan fingerprint density at radius 3 is 2.46 bits per heavy atom. The Kier molecular flexibility index (Phi) is 7.43. The summed E-state index contributed by atoms with van der Waals surface area (Å²) in [5.41, 5.74) is -4.14. The summed E-state index contributed by atoms with van der Waals surface area (Å²) in [6.45, 7) is 8.93. The Bertz CT molecular complexity index is 1200. The summed E-state index contributed by atoms with van der Waals surface area (Å²) in [5.74, 6) is -1.47. The number of H-pyrrole nitrogens is 1. The minimum atomic E-state index is -1.34. The Labute approximate surface area is 242 Å². The second-order valence-corrected chi connectivity index (χ2v) is 14.6. The van der Waals surface area contributed by atoms with Crippen LogP contribution in [-0.4, -0.2) is 77.4 Å². The molecule has 5 rings (SSSR count). The lowest BCUT2D eigenvalue weighted by molar-refractivity contribution is -0.161. The zero-order valence-corrected chi connectivity index (χ0v) is 24.9. The third-order valence-electron chi connectivity index (χ3n) is 11.6. The van der Waals surface area contributed by atoms with Crippen LogP contribution in [0.1, 0.15) is 96.5 Å². The molecule has 4 unspecified atom stereocenters. The van der Waals surface area contributed by atoms with Gasteiger partial charge in [0.25, 0.3) is 0 Å². The van der Waals surface area contributed by atoms with Gasteiger partial charge in [0.2, 0.25) is 0 Å². The number of aromatic amines is 1. The van der Waals surface area contributed by atoms with Gasteiger partial charge in [0.05, 0.1) is 29.0 Å². The molecule has 9 nitrogen and oxygen atoms in total. The molecule has 0 aliphatic heterocycles. The number of esters is 1. The van der Waals surface area contributed by atoms with Crippen molar-refractivity contribution in [2.75, 3.05) is 0 Å². The molecule has 6 N–H and O–H groups in total. The van der Waals surface area contributed by atoms with Gasteiger partial charge in [-0.15, -0.1) is 0 Å². The molecule has 10 atom stereocenters. The minimum Gasteiger partial charge on any atom is -0.455 e. The number of carbonyl (C=O) groups is 2. The second kappa shape index (κ2) is 10.0. The normalized spacial score (nSPS) is 41.0. The number of aliphatic hydroxyl groups excluding tert-OH is 2. The largest absolute Gasteiger partial charge is 0.455 e. The molecule has 1 aromatic heterocycles. The lowest BCUT2D eigenvalue weighted by atomic mass is 9.45. The smallest absolute Gasteiger partial charge is 0.355 e. The monoisotopic (exact) mass is 573 g/mol. The first-order valence-corrected chi connectivity index (χ1v) is 15.1. The van der Waals surface area contributed by atoms with E-state index in [1.807, 2.05) is 13.8 Å². The van der Waals surface area contributed by atoms with E-state index < -0.39 is 57.8 Å². The fraction of sp³-hybridized carbons (Fsp3) is 0.750. The highest BCUT2D eigenvalue weighted by molar-refractivity contribution is 5.95. The molecular formula is C32H47NO8. The number of rotatable bonds is 7. The molecule has 4 aliphatic rings. The van der Waals surface area contributed by atoms with Crippen LogP contribution in [0.25, 0.3) is 0 Å². The van der Waals surface area contributed by atoms with Crippen LogP contribution in [0.2, 0.25) is 0 Å². The van der Waals surface area contributed by atoms with Gasteiger partial charge in [-0.05, 0) is 113 Å². The summed E-state index contributed by atoms with van der Waals surface area (Å²) < 4.78 is 5.66. The molecule has 0 amide bonds. The highest BCUT2D eigenvalue weighted by Gasteiger charge is 2.68. The van der Waals surface area contributed by atoms with E-state index in [9.17, 15) is 35.1 Å². The summed E-state index contributed by atoms with van der Waals surface area (Å²) in [6, 6.07) is 3.28. The van der Waals surface area contributed by atoms with Gasteiger partial charge in [0.15, 0.2) is 5.78 Å². The zero-order valence-electron chi connectivity index (χ0n) is 24.9. The van der Waals surface area contributed by atoms with Gasteiger partial charge in [-0.25, -0.2) is 4.79 Å². The number of hydrogen-bond donors (Lipinski definition) is 6. The number of carbonyl (C=O) groups excluding carboxylic acids is 2. The zero-order chi connectivity index (χ0) is 30.2. The predicted molar refractivity (Wildman–Crippen MR) is 151 cm³/mol. The molecule has 9 heteroatoms. The average molecular weight is 574 g/mol. The Hall–Kier alpha value is -2.04. The molecule has 1 aromatic rings. The van der Waals surface area contributed by atoms with Gasteiger partial charge in [-0.2, -0.15) is 0 Å². The van der Waals surface area contributed by atoms with Crippen molar-refractivity contribution in [1.82, 2.24) is 4.98 Å². The number of aliphatic hydroxyl groups is 5. The van der Waals surface area contributed by atoms with E-state index in [4.69, 9.17) is 4.74 Å². The quantitative estimate of drug-likeness (QED) is 0.272. The summed E-state index contributed by atoms with van der Waals surface area (Å²) >= 11 is 0. The first-order valence-electron chi connectivity index (χ1n) is 15.1. The third kappa shape index (κ3) is 4.82. The SMILES string of the molecule is CC(C)(O)C(CC[C@](C)(O)[C@H]1CC[C@@]2(O)C3=CC(=O)C4CC(O)C(O)C[C@]4(C)[C@H]3CC[C@]12C)OC(=O)c1ccc[nH]1. The fourth-order valence-electron chi connectivity index (χ4n) is 9.17. The lowest BCUT2D eigenvalue weighted by Gasteiger charge is -2.60. The number of allylic oxidation sites excluding steroid dienone is 1. The van der Waals surface area contributed by atoms with Crippen LogP contribution < -0.4 is 0 Å². The summed E-state index contributed by atoms with van der Waals surface area (Å²) in [5, 5.41) is 56.0. The molecule has 0 spiro atoms. The van der Waals surface area contributed by atoms with E-state index in [1.165, 1.54) is 0 Å². The maximum Gasteiger partial charge on any atom is 0.355 e. The molecule has 228 valence electrons. The number of ether oxygens (including phenoxy) is 1. The molecule has 0 aromatic carbocycles. The number of fused-ring (bicyclic) bond motifs is 5. The highest BCUT2D eigenvalue weighted by Crippen LogP contribution is 2.68. The first kappa shape index (κ1) is 30.4. The van der Waals surface area contributed by atoms with Crippen molar-refractivity contribution in [3.8, 4) is 0 Å². The molecular weight excluding hydrogens is 526 g/mol. The van der Waals surface area contributed by atoms with Gasteiger partial charge >= 0.3 is 5.97 Å². The van der Waals surface area contributed by atoms with Crippen molar-refractivity contribution in [2.24, 2.45) is 28.6 Å².